The third-order valence-corrected chi connectivity index (χ3v) is 5.41. The Hall–Kier alpha value is -3.72. The number of nitrogens with zero attached hydrogens (tertiary/aromatic N) is 2. The molecule has 2 aromatic carbocycles. The molecule has 6 nitrogen and oxygen atoms in total. The molecule has 1 fully saturated rings. The molecule has 152 valence electrons. The van der Waals surface area contributed by atoms with Crippen LogP contribution in [0.4, 0.5) is 10.5 Å². The minimum atomic E-state index is -0.608. The van der Waals surface area contributed by atoms with E-state index in [1.807, 2.05) is 43.3 Å². The minimum Gasteiger partial charge on any atom is -0.494 e. The van der Waals surface area contributed by atoms with Gasteiger partial charge in [-0.1, -0.05) is 18.7 Å². The number of anilines is 1. The average Bonchev–Trinajstić information content (AvgIpc) is 3.01. The number of nitriles is 1. The summed E-state index contributed by atoms with van der Waals surface area (Å²) in [5.41, 5.74) is 3.95. The van der Waals surface area contributed by atoms with Crippen LogP contribution in [0.15, 0.2) is 55.3 Å². The highest BCUT2D eigenvalue weighted by molar-refractivity contribution is 5.96. The molecule has 0 aliphatic heterocycles. The van der Waals surface area contributed by atoms with E-state index in [1.165, 1.54) is 6.42 Å². The van der Waals surface area contributed by atoms with Gasteiger partial charge in [0.25, 0.3) is 0 Å². The van der Waals surface area contributed by atoms with Crippen molar-refractivity contribution in [1.82, 2.24) is 4.57 Å². The molecule has 0 unspecified atom stereocenters. The Labute approximate surface area is 175 Å². The van der Waals surface area contributed by atoms with Gasteiger partial charge in [-0.05, 0) is 50.5 Å². The van der Waals surface area contributed by atoms with Crippen molar-refractivity contribution < 1.29 is 14.3 Å². The van der Waals surface area contributed by atoms with Gasteiger partial charge < -0.3 is 14.0 Å². The van der Waals surface area contributed by atoms with Crippen LogP contribution < -0.4 is 10.1 Å². The Balaban J connectivity index is 1.89. The van der Waals surface area contributed by atoms with E-state index in [0.717, 1.165) is 47.0 Å². The zero-order valence-electron chi connectivity index (χ0n) is 16.9. The molecule has 1 heterocycles. The number of fused-ring (bicyclic) bond motifs is 1. The maximum atomic E-state index is 11.8. The molecule has 6 heteroatoms. The molecule has 30 heavy (non-hydrogen) atoms. The largest absolute Gasteiger partial charge is 0.494 e. The predicted molar refractivity (Wildman–Crippen MR) is 116 cm³/mol. The van der Waals surface area contributed by atoms with Gasteiger partial charge in [-0.15, -0.1) is 0 Å². The first-order valence-electron chi connectivity index (χ1n) is 10.1. The number of rotatable bonds is 6. The normalized spacial score (nSPS) is 13.3. The Morgan fingerprint density at radius 1 is 1.33 bits per heavy atom. The van der Waals surface area contributed by atoms with Crippen LogP contribution in [0.25, 0.3) is 22.2 Å². The van der Waals surface area contributed by atoms with Gasteiger partial charge in [-0.25, -0.2) is 4.79 Å². The summed E-state index contributed by atoms with van der Waals surface area (Å²) < 4.78 is 12.7. The smallest absolute Gasteiger partial charge is 0.416 e. The molecule has 0 radical (unpaired) electrons. The number of nitrogens with one attached hydrogen (secondary N) is 1. The number of amides is 1. The van der Waals surface area contributed by atoms with Gasteiger partial charge in [-0.2, -0.15) is 5.26 Å². The quantitative estimate of drug-likeness (QED) is 0.514. The van der Waals surface area contributed by atoms with Gasteiger partial charge in [0.1, 0.15) is 11.8 Å². The fourth-order valence-corrected chi connectivity index (χ4v) is 3.94. The highest BCUT2D eigenvalue weighted by atomic mass is 16.5. The van der Waals surface area contributed by atoms with Crippen LogP contribution in [0.5, 0.6) is 5.75 Å². The molecule has 0 atom stereocenters. The van der Waals surface area contributed by atoms with E-state index >= 15 is 0 Å². The van der Waals surface area contributed by atoms with Gasteiger partial charge in [0.15, 0.2) is 0 Å². The summed E-state index contributed by atoms with van der Waals surface area (Å²) in [5, 5.41) is 13.6. The summed E-state index contributed by atoms with van der Waals surface area (Å²) in [6.45, 7) is 5.93. The van der Waals surface area contributed by atoms with E-state index < -0.39 is 6.09 Å². The zero-order chi connectivity index (χ0) is 21.1. The van der Waals surface area contributed by atoms with Crippen LogP contribution in [0, 0.1) is 11.3 Å². The molecule has 0 spiro atoms. The molecule has 1 N–H and O–H groups in total. The van der Waals surface area contributed by atoms with Crippen LogP contribution in [0.3, 0.4) is 0 Å². The molecule has 1 saturated carbocycles. The minimum absolute atomic E-state index is 0.337. The Bertz CT molecular complexity index is 1150. The lowest BCUT2D eigenvalue weighted by Gasteiger charge is -2.30. The SMILES string of the molecule is C=COC(=O)Nc1cccc(-c2c(C#N)c3ccc(OCC)cc3n2C2CCC2)c1. The number of ether oxygens (including phenoxy) is 2. The van der Waals surface area contributed by atoms with Crippen molar-refractivity contribution in [2.45, 2.75) is 32.2 Å². The lowest BCUT2D eigenvalue weighted by molar-refractivity contribution is 0.201. The molecule has 4 rings (SSSR count). The van der Waals surface area contributed by atoms with Gasteiger partial charge in [0, 0.05) is 28.7 Å². The summed E-state index contributed by atoms with van der Waals surface area (Å²) >= 11 is 0. The number of hydrogen-bond acceptors (Lipinski definition) is 4. The zero-order valence-corrected chi connectivity index (χ0v) is 16.9. The first-order chi connectivity index (χ1) is 14.7. The molecule has 0 bridgehead atoms. The van der Waals surface area contributed by atoms with Crippen LogP contribution >= 0.6 is 0 Å². The molecule has 3 aromatic rings. The number of hydrogen-bond donors (Lipinski definition) is 1. The van der Waals surface area contributed by atoms with E-state index in [-0.39, 0.29) is 0 Å². The van der Waals surface area contributed by atoms with Crippen LogP contribution in [-0.4, -0.2) is 17.3 Å². The van der Waals surface area contributed by atoms with Crippen LogP contribution in [0.2, 0.25) is 0 Å². The average molecular weight is 401 g/mol. The highest BCUT2D eigenvalue weighted by Crippen LogP contribution is 2.43. The molecular weight excluding hydrogens is 378 g/mol. The Kier molecular flexibility index (Phi) is 5.44. The van der Waals surface area contributed by atoms with Gasteiger partial charge in [-0.3, -0.25) is 5.32 Å². The number of carbonyl (C=O) groups excluding carboxylic acids is 1. The summed E-state index contributed by atoms with van der Waals surface area (Å²) in [6.07, 6.45) is 3.79. The van der Waals surface area contributed by atoms with Crippen LogP contribution in [0.1, 0.15) is 37.8 Å². The predicted octanol–water partition coefficient (Wildman–Crippen LogP) is 6.00. The second kappa shape index (κ2) is 8.34. The fraction of sp³-hybridized carbons (Fsp3) is 0.250. The summed E-state index contributed by atoms with van der Waals surface area (Å²) in [5.74, 6) is 0.793. The van der Waals surface area contributed by atoms with E-state index in [4.69, 9.17) is 9.47 Å². The van der Waals surface area contributed by atoms with Crippen molar-refractivity contribution in [3.05, 3.63) is 60.9 Å². The molecule has 1 aliphatic carbocycles. The van der Waals surface area contributed by atoms with Crippen molar-refractivity contribution in [3.63, 3.8) is 0 Å². The van der Waals surface area contributed by atoms with E-state index in [2.05, 4.69) is 22.5 Å². The van der Waals surface area contributed by atoms with E-state index in [1.54, 1.807) is 6.07 Å². The monoisotopic (exact) mass is 401 g/mol. The number of aromatic nitrogens is 1. The van der Waals surface area contributed by atoms with Gasteiger partial charge >= 0.3 is 6.09 Å². The van der Waals surface area contributed by atoms with Crippen LogP contribution in [-0.2, 0) is 4.74 Å². The highest BCUT2D eigenvalue weighted by Gasteiger charge is 2.28. The molecule has 0 saturated heterocycles. The molecule has 1 amide bonds. The van der Waals surface area contributed by atoms with Crippen molar-refractivity contribution in [1.29, 1.82) is 5.26 Å². The Morgan fingerprint density at radius 3 is 2.83 bits per heavy atom. The Morgan fingerprint density at radius 2 is 2.17 bits per heavy atom. The molecule has 1 aliphatic rings. The number of carbonyl (C=O) groups is 1. The van der Waals surface area contributed by atoms with Crippen molar-refractivity contribution in [2.75, 3.05) is 11.9 Å². The van der Waals surface area contributed by atoms with E-state index in [9.17, 15) is 10.1 Å². The van der Waals surface area contributed by atoms with Gasteiger partial charge in [0.2, 0.25) is 0 Å². The topological polar surface area (TPSA) is 76.3 Å². The second-order valence-electron chi connectivity index (χ2n) is 7.18. The number of benzene rings is 2. The fourth-order valence-electron chi connectivity index (χ4n) is 3.94. The third kappa shape index (κ3) is 3.50. The molecule has 1 aromatic heterocycles. The van der Waals surface area contributed by atoms with E-state index in [0.29, 0.717) is 23.9 Å². The first-order valence-corrected chi connectivity index (χ1v) is 10.1. The second-order valence-corrected chi connectivity index (χ2v) is 7.18. The summed E-state index contributed by atoms with van der Waals surface area (Å²) in [6, 6.07) is 16.1. The third-order valence-electron chi connectivity index (χ3n) is 5.41. The van der Waals surface area contributed by atoms with Crippen molar-refractivity contribution >= 4 is 22.7 Å². The van der Waals surface area contributed by atoms with Crippen molar-refractivity contribution in [3.8, 4) is 23.1 Å². The lowest BCUT2D eigenvalue weighted by Crippen LogP contribution is -2.18. The maximum absolute atomic E-state index is 11.8. The standard InChI is InChI=1S/C24H23N3O3/c1-3-29-19-11-12-20-21(15-25)23(27(22(20)14-19)18-9-6-10-18)16-7-5-8-17(13-16)26-24(28)30-4-2/h4-5,7-8,11-14,18H,2-3,6,9-10H2,1H3,(H,26,28). The van der Waals surface area contributed by atoms with Crippen molar-refractivity contribution in [2.24, 2.45) is 0 Å². The summed E-state index contributed by atoms with van der Waals surface area (Å²) in [4.78, 5) is 11.8. The van der Waals surface area contributed by atoms with Gasteiger partial charge in [0.05, 0.1) is 29.6 Å². The first kappa shape index (κ1) is 19.6. The maximum Gasteiger partial charge on any atom is 0.416 e. The summed E-state index contributed by atoms with van der Waals surface area (Å²) in [7, 11) is 0. The lowest BCUT2D eigenvalue weighted by atomic mass is 9.92. The molecular formula is C24H23N3O3.